The summed E-state index contributed by atoms with van der Waals surface area (Å²) in [5.41, 5.74) is 0.531. The van der Waals surface area contributed by atoms with Gasteiger partial charge < -0.3 is 5.32 Å². The van der Waals surface area contributed by atoms with Crippen LogP contribution in [0.25, 0.3) is 5.69 Å². The SMILES string of the molecule is Cc1nc(C(=O)Nc2ccc(-n3cncn3)c(F)c2)n[nH]1. The molecule has 0 aliphatic rings. The summed E-state index contributed by atoms with van der Waals surface area (Å²) in [6.07, 6.45) is 2.69. The average molecular weight is 287 g/mol. The Hall–Kier alpha value is -3.10. The number of aryl methyl sites for hydroxylation is 1. The van der Waals surface area contributed by atoms with Crippen molar-refractivity contribution in [2.24, 2.45) is 0 Å². The fourth-order valence-electron chi connectivity index (χ4n) is 1.73. The highest BCUT2D eigenvalue weighted by molar-refractivity contribution is 6.01. The van der Waals surface area contributed by atoms with Crippen LogP contribution in [0, 0.1) is 12.7 Å². The second-order valence-corrected chi connectivity index (χ2v) is 4.20. The Morgan fingerprint density at radius 3 is 2.90 bits per heavy atom. The topological polar surface area (TPSA) is 101 Å². The van der Waals surface area contributed by atoms with Gasteiger partial charge in [0.2, 0.25) is 5.82 Å². The molecule has 3 rings (SSSR count). The van der Waals surface area contributed by atoms with E-state index >= 15 is 0 Å². The van der Waals surface area contributed by atoms with Crippen LogP contribution in [-0.2, 0) is 0 Å². The van der Waals surface area contributed by atoms with Crippen molar-refractivity contribution < 1.29 is 9.18 Å². The van der Waals surface area contributed by atoms with E-state index in [-0.39, 0.29) is 11.5 Å². The lowest BCUT2D eigenvalue weighted by atomic mass is 10.2. The Morgan fingerprint density at radius 2 is 2.29 bits per heavy atom. The Bertz CT molecular complexity index is 781. The number of nitrogens with zero attached hydrogens (tertiary/aromatic N) is 5. The standard InChI is InChI=1S/C12H10FN7O/c1-7-16-11(19-18-7)12(21)17-8-2-3-10(9(13)4-8)20-6-14-5-15-20/h2-6H,1H3,(H,17,21)(H,16,18,19). The molecule has 2 aromatic heterocycles. The maximum Gasteiger partial charge on any atom is 0.295 e. The minimum Gasteiger partial charge on any atom is -0.319 e. The van der Waals surface area contributed by atoms with Gasteiger partial charge in [-0.25, -0.2) is 19.0 Å². The van der Waals surface area contributed by atoms with Crippen LogP contribution in [0.15, 0.2) is 30.9 Å². The van der Waals surface area contributed by atoms with Crippen LogP contribution in [0.3, 0.4) is 0 Å². The number of anilines is 1. The minimum absolute atomic E-state index is 0.00624. The third-order valence-corrected chi connectivity index (χ3v) is 2.67. The number of rotatable bonds is 3. The fraction of sp³-hybridized carbons (Fsp3) is 0.0833. The van der Waals surface area contributed by atoms with Gasteiger partial charge in [-0.05, 0) is 25.1 Å². The van der Waals surface area contributed by atoms with Gasteiger partial charge in [0.25, 0.3) is 5.91 Å². The summed E-state index contributed by atoms with van der Waals surface area (Å²) in [5, 5.41) is 12.6. The zero-order chi connectivity index (χ0) is 14.8. The molecule has 0 atom stereocenters. The van der Waals surface area contributed by atoms with E-state index in [4.69, 9.17) is 0 Å². The summed E-state index contributed by atoms with van der Waals surface area (Å²) in [5.74, 6) is -0.544. The largest absolute Gasteiger partial charge is 0.319 e. The van der Waals surface area contributed by atoms with Crippen LogP contribution in [0.1, 0.15) is 16.4 Å². The van der Waals surface area contributed by atoms with Crippen molar-refractivity contribution in [2.45, 2.75) is 6.92 Å². The molecule has 0 spiro atoms. The van der Waals surface area contributed by atoms with E-state index in [9.17, 15) is 9.18 Å². The van der Waals surface area contributed by atoms with Crippen LogP contribution in [0.4, 0.5) is 10.1 Å². The number of carbonyl (C=O) groups is 1. The van der Waals surface area contributed by atoms with Gasteiger partial charge in [-0.15, -0.1) is 5.10 Å². The van der Waals surface area contributed by atoms with Crippen molar-refractivity contribution in [1.82, 2.24) is 29.9 Å². The smallest absolute Gasteiger partial charge is 0.295 e. The van der Waals surface area contributed by atoms with Gasteiger partial charge in [0.05, 0.1) is 0 Å². The molecule has 0 saturated heterocycles. The molecule has 0 unspecified atom stereocenters. The van der Waals surface area contributed by atoms with E-state index in [0.717, 1.165) is 0 Å². The first-order chi connectivity index (χ1) is 10.1. The number of halogens is 1. The molecular formula is C12H10FN7O. The monoisotopic (exact) mass is 287 g/mol. The van der Waals surface area contributed by atoms with Gasteiger partial charge in [-0.3, -0.25) is 9.89 Å². The number of hydrogen-bond acceptors (Lipinski definition) is 5. The number of aromatic amines is 1. The summed E-state index contributed by atoms with van der Waals surface area (Å²) in [4.78, 5) is 19.5. The maximum absolute atomic E-state index is 14.0. The number of H-pyrrole nitrogens is 1. The first-order valence-electron chi connectivity index (χ1n) is 5.98. The molecule has 0 bridgehead atoms. The Labute approximate surface area is 118 Å². The predicted molar refractivity (Wildman–Crippen MR) is 70.4 cm³/mol. The van der Waals surface area contributed by atoms with E-state index < -0.39 is 11.7 Å². The van der Waals surface area contributed by atoms with Crippen molar-refractivity contribution in [2.75, 3.05) is 5.32 Å². The number of amides is 1. The quantitative estimate of drug-likeness (QED) is 0.750. The molecule has 0 radical (unpaired) electrons. The first kappa shape index (κ1) is 12.9. The van der Waals surface area contributed by atoms with Crippen LogP contribution in [-0.4, -0.2) is 35.9 Å². The number of carbonyl (C=O) groups excluding carboxylic acids is 1. The maximum atomic E-state index is 14.0. The second-order valence-electron chi connectivity index (χ2n) is 4.20. The summed E-state index contributed by atoms with van der Waals surface area (Å²) in [6.45, 7) is 1.68. The van der Waals surface area contributed by atoms with E-state index in [1.54, 1.807) is 13.0 Å². The second kappa shape index (κ2) is 5.12. The highest BCUT2D eigenvalue weighted by atomic mass is 19.1. The molecule has 106 valence electrons. The van der Waals surface area contributed by atoms with E-state index in [2.05, 4.69) is 30.6 Å². The van der Waals surface area contributed by atoms with Crippen molar-refractivity contribution in [3.05, 3.63) is 48.3 Å². The van der Waals surface area contributed by atoms with Gasteiger partial charge in [0.15, 0.2) is 5.82 Å². The first-order valence-corrected chi connectivity index (χ1v) is 5.98. The summed E-state index contributed by atoms with van der Waals surface area (Å²) in [6, 6.07) is 4.23. The Balaban J connectivity index is 1.81. The Kier molecular flexibility index (Phi) is 3.14. The number of aromatic nitrogens is 6. The van der Waals surface area contributed by atoms with E-state index in [0.29, 0.717) is 11.5 Å². The third-order valence-electron chi connectivity index (χ3n) is 2.67. The molecule has 1 aromatic carbocycles. The summed E-state index contributed by atoms with van der Waals surface area (Å²) in [7, 11) is 0. The van der Waals surface area contributed by atoms with Gasteiger partial charge in [0.1, 0.15) is 24.2 Å². The van der Waals surface area contributed by atoms with Gasteiger partial charge in [-0.1, -0.05) is 0 Å². The molecule has 2 N–H and O–H groups in total. The van der Waals surface area contributed by atoms with Crippen molar-refractivity contribution in [3.8, 4) is 5.69 Å². The van der Waals surface area contributed by atoms with Crippen LogP contribution in [0.2, 0.25) is 0 Å². The molecule has 2 heterocycles. The summed E-state index contributed by atoms with van der Waals surface area (Å²) < 4.78 is 15.3. The molecule has 1 amide bonds. The highest BCUT2D eigenvalue weighted by Gasteiger charge is 2.13. The van der Waals surface area contributed by atoms with E-state index in [1.165, 1.54) is 29.5 Å². The molecule has 21 heavy (non-hydrogen) atoms. The minimum atomic E-state index is -0.538. The predicted octanol–water partition coefficient (Wildman–Crippen LogP) is 1.09. The summed E-state index contributed by atoms with van der Waals surface area (Å²) >= 11 is 0. The molecular weight excluding hydrogens is 277 g/mol. The number of nitrogens with one attached hydrogen (secondary N) is 2. The van der Waals surface area contributed by atoms with Crippen LogP contribution >= 0.6 is 0 Å². The molecule has 0 aliphatic heterocycles. The van der Waals surface area contributed by atoms with Gasteiger partial charge in [-0.2, -0.15) is 5.10 Å². The lowest BCUT2D eigenvalue weighted by molar-refractivity contribution is 0.101. The van der Waals surface area contributed by atoms with Gasteiger partial charge in [0, 0.05) is 5.69 Å². The molecule has 9 heteroatoms. The zero-order valence-electron chi connectivity index (χ0n) is 10.9. The van der Waals surface area contributed by atoms with Gasteiger partial charge >= 0.3 is 0 Å². The Morgan fingerprint density at radius 1 is 1.43 bits per heavy atom. The van der Waals surface area contributed by atoms with Crippen LogP contribution < -0.4 is 5.32 Å². The lowest BCUT2D eigenvalue weighted by Crippen LogP contribution is -2.14. The number of benzene rings is 1. The van der Waals surface area contributed by atoms with Crippen molar-refractivity contribution in [1.29, 1.82) is 0 Å². The van der Waals surface area contributed by atoms with Crippen molar-refractivity contribution >= 4 is 11.6 Å². The molecule has 8 nitrogen and oxygen atoms in total. The fourth-order valence-corrected chi connectivity index (χ4v) is 1.73. The molecule has 0 aliphatic carbocycles. The highest BCUT2D eigenvalue weighted by Crippen LogP contribution is 2.17. The zero-order valence-corrected chi connectivity index (χ0v) is 10.9. The van der Waals surface area contributed by atoms with Crippen LogP contribution in [0.5, 0.6) is 0 Å². The number of hydrogen-bond donors (Lipinski definition) is 2. The third kappa shape index (κ3) is 2.61. The lowest BCUT2D eigenvalue weighted by Gasteiger charge is -2.06. The van der Waals surface area contributed by atoms with E-state index in [1.807, 2.05) is 0 Å². The normalized spacial score (nSPS) is 10.6. The van der Waals surface area contributed by atoms with Crippen molar-refractivity contribution in [3.63, 3.8) is 0 Å². The molecule has 0 fully saturated rings. The molecule has 3 aromatic rings. The molecule has 0 saturated carbocycles. The average Bonchev–Trinajstić information content (AvgIpc) is 3.10.